The molecule has 1 aromatic rings. The minimum Gasteiger partial charge on any atom is -0.467 e. The molecule has 3 heteroatoms. The van der Waals surface area contributed by atoms with Gasteiger partial charge < -0.3 is 9.47 Å². The fraction of sp³-hybridized carbons (Fsp3) is 0.533. The van der Waals surface area contributed by atoms with E-state index in [4.69, 9.17) is 9.47 Å². The maximum absolute atomic E-state index is 10.8. The number of aldehydes is 1. The molecule has 0 N–H and O–H groups in total. The van der Waals surface area contributed by atoms with Gasteiger partial charge in [0.15, 0.2) is 13.1 Å². The molecule has 0 spiro atoms. The zero-order chi connectivity index (χ0) is 12.6. The SMILES string of the molecule is O=Cc1ccccc1OCOCC1CCCCC1. The van der Waals surface area contributed by atoms with Gasteiger partial charge in [0.05, 0.1) is 12.2 Å². The fourth-order valence-corrected chi connectivity index (χ4v) is 2.38. The minimum atomic E-state index is 0.224. The van der Waals surface area contributed by atoms with Gasteiger partial charge in [-0.1, -0.05) is 31.4 Å². The standard InChI is InChI=1S/C15H20O3/c16-10-14-8-4-5-9-15(14)18-12-17-11-13-6-2-1-3-7-13/h4-5,8-10,13H,1-3,6-7,11-12H2. The molecule has 1 aromatic carbocycles. The molecule has 3 nitrogen and oxygen atoms in total. The van der Waals surface area contributed by atoms with Gasteiger partial charge >= 0.3 is 0 Å². The van der Waals surface area contributed by atoms with Gasteiger partial charge in [-0.2, -0.15) is 0 Å². The highest BCUT2D eigenvalue weighted by Gasteiger charge is 2.13. The van der Waals surface area contributed by atoms with Crippen LogP contribution in [0.15, 0.2) is 24.3 Å². The lowest BCUT2D eigenvalue weighted by molar-refractivity contribution is -0.00809. The van der Waals surface area contributed by atoms with E-state index in [0.29, 0.717) is 17.2 Å². The summed E-state index contributed by atoms with van der Waals surface area (Å²) in [6.07, 6.45) is 7.34. The molecule has 0 saturated heterocycles. The number of benzene rings is 1. The summed E-state index contributed by atoms with van der Waals surface area (Å²) in [5.74, 6) is 1.28. The Bertz CT molecular complexity index is 370. The molecule has 1 aliphatic carbocycles. The summed E-state index contributed by atoms with van der Waals surface area (Å²) in [6.45, 7) is 0.991. The third kappa shape index (κ3) is 3.84. The van der Waals surface area contributed by atoms with Gasteiger partial charge in [0.1, 0.15) is 5.75 Å². The van der Waals surface area contributed by atoms with Gasteiger partial charge in [-0.3, -0.25) is 4.79 Å². The van der Waals surface area contributed by atoms with Crippen molar-refractivity contribution in [2.24, 2.45) is 5.92 Å². The monoisotopic (exact) mass is 248 g/mol. The van der Waals surface area contributed by atoms with Crippen LogP contribution in [0.2, 0.25) is 0 Å². The van der Waals surface area contributed by atoms with Crippen molar-refractivity contribution in [3.8, 4) is 5.75 Å². The average molecular weight is 248 g/mol. The topological polar surface area (TPSA) is 35.5 Å². The molecule has 0 radical (unpaired) electrons. The third-order valence-corrected chi connectivity index (χ3v) is 3.42. The molecule has 0 aliphatic heterocycles. The highest BCUT2D eigenvalue weighted by atomic mass is 16.7. The predicted octanol–water partition coefficient (Wildman–Crippen LogP) is 3.43. The molecule has 1 aliphatic rings. The van der Waals surface area contributed by atoms with Crippen LogP contribution in [0.3, 0.4) is 0 Å². The van der Waals surface area contributed by atoms with Crippen molar-refractivity contribution >= 4 is 6.29 Å². The van der Waals surface area contributed by atoms with Gasteiger partial charge in [0.2, 0.25) is 0 Å². The number of hydrogen-bond donors (Lipinski definition) is 0. The van der Waals surface area contributed by atoms with Crippen LogP contribution >= 0.6 is 0 Å². The van der Waals surface area contributed by atoms with Crippen LogP contribution in [0, 0.1) is 5.92 Å². The van der Waals surface area contributed by atoms with Crippen LogP contribution in [0.1, 0.15) is 42.5 Å². The van der Waals surface area contributed by atoms with Gasteiger partial charge in [0.25, 0.3) is 0 Å². The lowest BCUT2D eigenvalue weighted by atomic mass is 9.90. The minimum absolute atomic E-state index is 0.224. The number of carbonyl (C=O) groups is 1. The molecule has 0 atom stereocenters. The molecule has 1 fully saturated rings. The first-order valence-electron chi connectivity index (χ1n) is 6.65. The molecule has 0 aromatic heterocycles. The number of hydrogen-bond acceptors (Lipinski definition) is 3. The molecule has 0 bridgehead atoms. The zero-order valence-electron chi connectivity index (χ0n) is 10.6. The van der Waals surface area contributed by atoms with E-state index in [1.807, 2.05) is 12.1 Å². The Morgan fingerprint density at radius 2 is 1.94 bits per heavy atom. The number of carbonyl (C=O) groups excluding carboxylic acids is 1. The molecule has 2 rings (SSSR count). The van der Waals surface area contributed by atoms with Crippen LogP contribution in [0.4, 0.5) is 0 Å². The summed E-state index contributed by atoms with van der Waals surface area (Å²) in [7, 11) is 0. The Hall–Kier alpha value is -1.35. The van der Waals surface area contributed by atoms with Crippen molar-refractivity contribution in [3.05, 3.63) is 29.8 Å². The fourth-order valence-electron chi connectivity index (χ4n) is 2.38. The Kier molecular flexibility index (Phi) is 5.21. The van der Waals surface area contributed by atoms with Crippen molar-refractivity contribution in [1.82, 2.24) is 0 Å². The molecule has 98 valence electrons. The van der Waals surface area contributed by atoms with Crippen molar-refractivity contribution < 1.29 is 14.3 Å². The van der Waals surface area contributed by atoms with Crippen molar-refractivity contribution in [2.75, 3.05) is 13.4 Å². The van der Waals surface area contributed by atoms with E-state index in [1.54, 1.807) is 12.1 Å². The van der Waals surface area contributed by atoms with E-state index >= 15 is 0 Å². The van der Waals surface area contributed by atoms with Crippen molar-refractivity contribution in [1.29, 1.82) is 0 Å². The van der Waals surface area contributed by atoms with Crippen LogP contribution < -0.4 is 4.74 Å². The maximum atomic E-state index is 10.8. The van der Waals surface area contributed by atoms with Crippen LogP contribution in [0.25, 0.3) is 0 Å². The van der Waals surface area contributed by atoms with E-state index in [1.165, 1.54) is 32.1 Å². The Morgan fingerprint density at radius 3 is 2.72 bits per heavy atom. The quantitative estimate of drug-likeness (QED) is 0.439. The second kappa shape index (κ2) is 7.17. The summed E-state index contributed by atoms with van der Waals surface area (Å²) in [5, 5.41) is 0. The van der Waals surface area contributed by atoms with Gasteiger partial charge in [-0.25, -0.2) is 0 Å². The maximum Gasteiger partial charge on any atom is 0.189 e. The van der Waals surface area contributed by atoms with Gasteiger partial charge in [0, 0.05) is 0 Å². The van der Waals surface area contributed by atoms with E-state index in [2.05, 4.69) is 0 Å². The Labute approximate surface area is 108 Å². The Balaban J connectivity index is 1.69. The normalized spacial score (nSPS) is 16.4. The molecule has 1 saturated carbocycles. The molecular formula is C15H20O3. The zero-order valence-corrected chi connectivity index (χ0v) is 10.6. The summed E-state index contributed by atoms with van der Waals surface area (Å²) in [6, 6.07) is 7.19. The van der Waals surface area contributed by atoms with E-state index in [-0.39, 0.29) is 6.79 Å². The van der Waals surface area contributed by atoms with E-state index in [9.17, 15) is 4.79 Å². The summed E-state index contributed by atoms with van der Waals surface area (Å²) in [5.41, 5.74) is 0.568. The van der Waals surface area contributed by atoms with Gasteiger partial charge in [-0.15, -0.1) is 0 Å². The van der Waals surface area contributed by atoms with Gasteiger partial charge in [-0.05, 0) is 30.9 Å². The lowest BCUT2D eigenvalue weighted by Gasteiger charge is -2.21. The Morgan fingerprint density at radius 1 is 1.17 bits per heavy atom. The number of ether oxygens (including phenoxy) is 2. The van der Waals surface area contributed by atoms with E-state index in [0.717, 1.165) is 12.9 Å². The van der Waals surface area contributed by atoms with Crippen molar-refractivity contribution in [2.45, 2.75) is 32.1 Å². The van der Waals surface area contributed by atoms with E-state index < -0.39 is 0 Å². The first-order chi connectivity index (χ1) is 8.90. The van der Waals surface area contributed by atoms with Crippen LogP contribution in [-0.2, 0) is 4.74 Å². The third-order valence-electron chi connectivity index (χ3n) is 3.42. The predicted molar refractivity (Wildman–Crippen MR) is 69.9 cm³/mol. The molecule has 0 amide bonds. The first kappa shape index (κ1) is 13.1. The lowest BCUT2D eigenvalue weighted by Crippen LogP contribution is -2.15. The summed E-state index contributed by atoms with van der Waals surface area (Å²) >= 11 is 0. The second-order valence-corrected chi connectivity index (χ2v) is 4.79. The molecule has 0 unspecified atom stereocenters. The number of rotatable bonds is 6. The number of para-hydroxylation sites is 1. The highest BCUT2D eigenvalue weighted by Crippen LogP contribution is 2.23. The van der Waals surface area contributed by atoms with Crippen LogP contribution in [0.5, 0.6) is 5.75 Å². The summed E-state index contributed by atoms with van der Waals surface area (Å²) in [4.78, 5) is 10.8. The highest BCUT2D eigenvalue weighted by molar-refractivity contribution is 5.79. The largest absolute Gasteiger partial charge is 0.467 e. The molecule has 0 heterocycles. The smallest absolute Gasteiger partial charge is 0.189 e. The second-order valence-electron chi connectivity index (χ2n) is 4.79. The molecule has 18 heavy (non-hydrogen) atoms. The summed E-state index contributed by atoms with van der Waals surface area (Å²) < 4.78 is 11.0. The average Bonchev–Trinajstić information content (AvgIpc) is 2.45. The molecular weight excluding hydrogens is 228 g/mol. The van der Waals surface area contributed by atoms with Crippen LogP contribution in [-0.4, -0.2) is 19.7 Å². The van der Waals surface area contributed by atoms with Crippen molar-refractivity contribution in [3.63, 3.8) is 0 Å². The first-order valence-corrected chi connectivity index (χ1v) is 6.65.